The van der Waals surface area contributed by atoms with Crippen LogP contribution in [-0.2, 0) is 13.1 Å². The number of benzene rings is 1. The summed E-state index contributed by atoms with van der Waals surface area (Å²) in [6.45, 7) is 5.56. The standard InChI is InChI=1S/C20H23N5O2/c1-26-18-7-5-16(6-8-18)20-22-19(27-23-20)15-25-12-10-24(11-13-25)14-17-4-2-3-9-21-17/h2-9H,10-15H2,1H3. The van der Waals surface area contributed by atoms with Crippen LogP contribution in [0.2, 0.25) is 0 Å². The SMILES string of the molecule is COc1ccc(-c2noc(CN3CCN(Cc4ccccn4)CC3)n2)cc1. The molecular weight excluding hydrogens is 342 g/mol. The van der Waals surface area contributed by atoms with E-state index >= 15 is 0 Å². The number of nitrogens with zero attached hydrogens (tertiary/aromatic N) is 5. The van der Waals surface area contributed by atoms with Gasteiger partial charge in [0, 0.05) is 44.5 Å². The molecule has 3 heterocycles. The summed E-state index contributed by atoms with van der Waals surface area (Å²) in [5.74, 6) is 2.08. The zero-order chi connectivity index (χ0) is 18.5. The molecule has 0 unspecified atom stereocenters. The molecule has 1 aliphatic rings. The summed E-state index contributed by atoms with van der Waals surface area (Å²) >= 11 is 0. The molecule has 140 valence electrons. The Balaban J connectivity index is 1.30. The third-order valence-electron chi connectivity index (χ3n) is 4.75. The topological polar surface area (TPSA) is 67.5 Å². The number of piperazine rings is 1. The Morgan fingerprint density at radius 3 is 2.37 bits per heavy atom. The highest BCUT2D eigenvalue weighted by molar-refractivity contribution is 5.55. The second kappa shape index (κ2) is 8.28. The maximum Gasteiger partial charge on any atom is 0.241 e. The van der Waals surface area contributed by atoms with Crippen LogP contribution in [0.5, 0.6) is 5.75 Å². The third kappa shape index (κ3) is 4.50. The minimum Gasteiger partial charge on any atom is -0.497 e. The van der Waals surface area contributed by atoms with Gasteiger partial charge in [-0.05, 0) is 36.4 Å². The van der Waals surface area contributed by atoms with E-state index in [1.807, 2.05) is 42.6 Å². The van der Waals surface area contributed by atoms with E-state index in [1.165, 1.54) is 0 Å². The first-order valence-electron chi connectivity index (χ1n) is 9.12. The van der Waals surface area contributed by atoms with Gasteiger partial charge in [0.15, 0.2) is 0 Å². The fourth-order valence-corrected chi connectivity index (χ4v) is 3.19. The lowest BCUT2D eigenvalue weighted by atomic mass is 10.2. The van der Waals surface area contributed by atoms with E-state index in [0.29, 0.717) is 18.3 Å². The first-order valence-corrected chi connectivity index (χ1v) is 9.12. The summed E-state index contributed by atoms with van der Waals surface area (Å²) < 4.78 is 10.6. The van der Waals surface area contributed by atoms with Crippen molar-refractivity contribution in [1.29, 1.82) is 0 Å². The molecule has 0 radical (unpaired) electrons. The lowest BCUT2D eigenvalue weighted by molar-refractivity contribution is 0.111. The molecule has 7 nitrogen and oxygen atoms in total. The van der Waals surface area contributed by atoms with Gasteiger partial charge in [0.05, 0.1) is 19.3 Å². The van der Waals surface area contributed by atoms with E-state index in [1.54, 1.807) is 7.11 Å². The first-order chi connectivity index (χ1) is 13.3. The number of hydrogen-bond donors (Lipinski definition) is 0. The largest absolute Gasteiger partial charge is 0.497 e. The Hall–Kier alpha value is -2.77. The lowest BCUT2D eigenvalue weighted by Crippen LogP contribution is -2.45. The van der Waals surface area contributed by atoms with E-state index in [9.17, 15) is 0 Å². The van der Waals surface area contributed by atoms with Crippen LogP contribution in [0, 0.1) is 0 Å². The van der Waals surface area contributed by atoms with E-state index in [4.69, 9.17) is 9.26 Å². The molecule has 0 spiro atoms. The molecule has 0 atom stereocenters. The molecule has 3 aromatic rings. The Morgan fingerprint density at radius 2 is 1.70 bits per heavy atom. The van der Waals surface area contributed by atoms with Crippen LogP contribution in [0.3, 0.4) is 0 Å². The second-order valence-electron chi connectivity index (χ2n) is 6.61. The van der Waals surface area contributed by atoms with E-state index in [0.717, 1.165) is 49.7 Å². The van der Waals surface area contributed by atoms with Gasteiger partial charge in [-0.15, -0.1) is 0 Å². The fourth-order valence-electron chi connectivity index (χ4n) is 3.19. The van der Waals surface area contributed by atoms with Crippen LogP contribution in [0.1, 0.15) is 11.6 Å². The van der Waals surface area contributed by atoms with Gasteiger partial charge in [0.25, 0.3) is 0 Å². The molecule has 2 aromatic heterocycles. The van der Waals surface area contributed by atoms with Crippen molar-refractivity contribution >= 4 is 0 Å². The summed E-state index contributed by atoms with van der Waals surface area (Å²) in [5.41, 5.74) is 2.04. The Labute approximate surface area is 158 Å². The Kier molecular flexibility index (Phi) is 5.41. The summed E-state index contributed by atoms with van der Waals surface area (Å²) in [6.07, 6.45) is 1.85. The van der Waals surface area contributed by atoms with Crippen LogP contribution in [0.4, 0.5) is 0 Å². The van der Waals surface area contributed by atoms with Crippen molar-refractivity contribution in [1.82, 2.24) is 24.9 Å². The van der Waals surface area contributed by atoms with Crippen LogP contribution in [-0.4, -0.2) is 58.2 Å². The highest BCUT2D eigenvalue weighted by Crippen LogP contribution is 2.20. The summed E-state index contributed by atoms with van der Waals surface area (Å²) in [7, 11) is 1.65. The van der Waals surface area contributed by atoms with Crippen molar-refractivity contribution in [2.75, 3.05) is 33.3 Å². The van der Waals surface area contributed by atoms with Crippen LogP contribution in [0.15, 0.2) is 53.2 Å². The molecule has 1 aliphatic heterocycles. The quantitative estimate of drug-likeness (QED) is 0.665. The van der Waals surface area contributed by atoms with Crippen LogP contribution < -0.4 is 4.74 Å². The molecule has 1 fully saturated rings. The minimum absolute atomic E-state index is 0.612. The van der Waals surface area contributed by atoms with E-state index in [2.05, 4.69) is 31.0 Å². The Morgan fingerprint density at radius 1 is 0.963 bits per heavy atom. The predicted molar refractivity (Wildman–Crippen MR) is 101 cm³/mol. The number of rotatable bonds is 6. The number of pyridine rings is 1. The second-order valence-corrected chi connectivity index (χ2v) is 6.61. The van der Waals surface area contributed by atoms with Gasteiger partial charge < -0.3 is 9.26 Å². The Bertz CT molecular complexity index is 842. The van der Waals surface area contributed by atoms with Gasteiger partial charge in [-0.25, -0.2) is 0 Å². The number of hydrogen-bond acceptors (Lipinski definition) is 7. The van der Waals surface area contributed by atoms with Crippen LogP contribution >= 0.6 is 0 Å². The monoisotopic (exact) mass is 365 g/mol. The molecule has 0 amide bonds. The molecule has 0 aliphatic carbocycles. The highest BCUT2D eigenvalue weighted by Gasteiger charge is 2.19. The molecule has 1 aromatic carbocycles. The number of methoxy groups -OCH3 is 1. The average Bonchev–Trinajstić information content (AvgIpc) is 3.19. The molecule has 7 heteroatoms. The maximum absolute atomic E-state index is 5.44. The van der Waals surface area contributed by atoms with Gasteiger partial charge in [-0.1, -0.05) is 11.2 Å². The summed E-state index contributed by atoms with van der Waals surface area (Å²) in [6, 6.07) is 13.7. The molecule has 1 saturated heterocycles. The molecule has 4 rings (SSSR count). The maximum atomic E-state index is 5.44. The normalized spacial score (nSPS) is 15.7. The van der Waals surface area contributed by atoms with Gasteiger partial charge in [-0.2, -0.15) is 4.98 Å². The smallest absolute Gasteiger partial charge is 0.241 e. The molecular formula is C20H23N5O2. The van der Waals surface area contributed by atoms with Gasteiger partial charge in [-0.3, -0.25) is 14.8 Å². The van der Waals surface area contributed by atoms with Crippen molar-refractivity contribution in [3.8, 4) is 17.1 Å². The number of aromatic nitrogens is 3. The van der Waals surface area contributed by atoms with Gasteiger partial charge in [0.1, 0.15) is 5.75 Å². The van der Waals surface area contributed by atoms with Crippen molar-refractivity contribution in [2.24, 2.45) is 0 Å². The lowest BCUT2D eigenvalue weighted by Gasteiger charge is -2.33. The third-order valence-corrected chi connectivity index (χ3v) is 4.75. The van der Waals surface area contributed by atoms with Crippen molar-refractivity contribution in [3.63, 3.8) is 0 Å². The van der Waals surface area contributed by atoms with Crippen molar-refractivity contribution in [3.05, 3.63) is 60.2 Å². The predicted octanol–water partition coefficient (Wildman–Crippen LogP) is 2.46. The molecule has 0 saturated carbocycles. The minimum atomic E-state index is 0.612. The summed E-state index contributed by atoms with van der Waals surface area (Å²) in [4.78, 5) is 13.7. The summed E-state index contributed by atoms with van der Waals surface area (Å²) in [5, 5.41) is 4.11. The zero-order valence-corrected chi connectivity index (χ0v) is 15.4. The first kappa shape index (κ1) is 17.6. The molecule has 0 bridgehead atoms. The van der Waals surface area contributed by atoms with Gasteiger partial charge >= 0.3 is 0 Å². The van der Waals surface area contributed by atoms with E-state index in [-0.39, 0.29) is 0 Å². The van der Waals surface area contributed by atoms with Gasteiger partial charge in [0.2, 0.25) is 11.7 Å². The van der Waals surface area contributed by atoms with E-state index < -0.39 is 0 Å². The van der Waals surface area contributed by atoms with Crippen molar-refractivity contribution < 1.29 is 9.26 Å². The van der Waals surface area contributed by atoms with Crippen LogP contribution in [0.25, 0.3) is 11.4 Å². The fraction of sp³-hybridized carbons (Fsp3) is 0.350. The number of ether oxygens (including phenoxy) is 1. The molecule has 27 heavy (non-hydrogen) atoms. The molecule has 0 N–H and O–H groups in total. The zero-order valence-electron chi connectivity index (χ0n) is 15.4. The average molecular weight is 365 g/mol. The van der Waals surface area contributed by atoms with Crippen molar-refractivity contribution in [2.45, 2.75) is 13.1 Å². The highest BCUT2D eigenvalue weighted by atomic mass is 16.5.